The Bertz CT molecular complexity index is 263. The zero-order valence-corrected chi connectivity index (χ0v) is 12.5. The summed E-state index contributed by atoms with van der Waals surface area (Å²) in [7, 11) is 4.42. The summed E-state index contributed by atoms with van der Waals surface area (Å²) >= 11 is 5.68. The molecule has 1 aliphatic carbocycles. The summed E-state index contributed by atoms with van der Waals surface area (Å²) in [5.41, 5.74) is 3.20. The third-order valence-electron chi connectivity index (χ3n) is 4.06. The van der Waals surface area contributed by atoms with Gasteiger partial charge in [-0.25, -0.2) is 0 Å². The lowest BCUT2D eigenvalue weighted by atomic mass is 9.75. The molecule has 1 fully saturated rings. The van der Waals surface area contributed by atoms with Gasteiger partial charge in [0.05, 0.1) is 0 Å². The first-order valence-electron chi connectivity index (χ1n) is 6.64. The molecule has 3 heteroatoms. The fraction of sp³-hybridized carbons (Fsp3) is 0.857. The van der Waals surface area contributed by atoms with E-state index in [1.165, 1.54) is 31.3 Å². The highest BCUT2D eigenvalue weighted by atomic mass is 35.5. The van der Waals surface area contributed by atoms with Gasteiger partial charge < -0.3 is 10.2 Å². The quantitative estimate of drug-likeness (QED) is 0.815. The zero-order chi connectivity index (χ0) is 12.9. The molecule has 2 nitrogen and oxygen atoms in total. The molecule has 0 bridgehead atoms. The molecule has 1 saturated carbocycles. The van der Waals surface area contributed by atoms with Gasteiger partial charge in [-0.1, -0.05) is 31.4 Å². The van der Waals surface area contributed by atoms with Gasteiger partial charge in [-0.3, -0.25) is 0 Å². The third-order valence-corrected chi connectivity index (χ3v) is 4.43. The highest BCUT2D eigenvalue weighted by Gasteiger charge is 2.36. The van der Waals surface area contributed by atoms with Gasteiger partial charge in [0.1, 0.15) is 0 Å². The molecule has 100 valence electrons. The molecule has 0 aromatic carbocycles. The fourth-order valence-electron chi connectivity index (χ4n) is 2.89. The predicted molar refractivity (Wildman–Crippen MR) is 76.5 cm³/mol. The van der Waals surface area contributed by atoms with Gasteiger partial charge in [-0.2, -0.15) is 0 Å². The summed E-state index contributed by atoms with van der Waals surface area (Å²) in [6, 6.07) is 0. The number of likely N-dealkylation sites (N-methyl/N-ethyl adjacent to an activating group) is 1. The van der Waals surface area contributed by atoms with Gasteiger partial charge in [0.25, 0.3) is 0 Å². The summed E-state index contributed by atoms with van der Waals surface area (Å²) in [5.74, 6) is 0.845. The maximum Gasteiger partial charge on any atom is 0.0330 e. The van der Waals surface area contributed by atoms with E-state index in [-0.39, 0.29) is 0 Å². The van der Waals surface area contributed by atoms with E-state index in [2.05, 4.69) is 38.2 Å². The van der Waals surface area contributed by atoms with Crippen molar-refractivity contribution in [3.8, 4) is 0 Å². The van der Waals surface area contributed by atoms with E-state index < -0.39 is 0 Å². The van der Waals surface area contributed by atoms with Crippen LogP contribution in [0.3, 0.4) is 0 Å². The van der Waals surface area contributed by atoms with Crippen LogP contribution in [-0.2, 0) is 0 Å². The van der Waals surface area contributed by atoms with Gasteiger partial charge in [0, 0.05) is 24.2 Å². The fourth-order valence-corrected chi connectivity index (χ4v) is 2.97. The lowest BCUT2D eigenvalue weighted by molar-refractivity contribution is 0.0761. The predicted octanol–water partition coefficient (Wildman–Crippen LogP) is 3.23. The first-order valence-corrected chi connectivity index (χ1v) is 7.08. The number of hydrogen-bond donors (Lipinski definition) is 1. The van der Waals surface area contributed by atoms with Crippen LogP contribution in [0.25, 0.3) is 0 Å². The minimum absolute atomic E-state index is 0.338. The molecule has 1 N–H and O–H groups in total. The number of nitrogens with one attached hydrogen (secondary N) is 1. The molecule has 17 heavy (non-hydrogen) atoms. The second kappa shape index (κ2) is 6.77. The van der Waals surface area contributed by atoms with Crippen LogP contribution in [0.4, 0.5) is 0 Å². The lowest BCUT2D eigenvalue weighted by Crippen LogP contribution is -2.54. The van der Waals surface area contributed by atoms with E-state index in [4.69, 9.17) is 11.6 Å². The Morgan fingerprint density at radius 3 is 2.76 bits per heavy atom. The largest absolute Gasteiger partial charge is 0.311 e. The Labute approximate surface area is 111 Å². The van der Waals surface area contributed by atoms with Crippen molar-refractivity contribution in [2.24, 2.45) is 5.92 Å². The van der Waals surface area contributed by atoms with E-state index in [1.54, 1.807) is 5.54 Å². The molecule has 0 heterocycles. The van der Waals surface area contributed by atoms with Crippen molar-refractivity contribution in [2.75, 3.05) is 27.2 Å². The van der Waals surface area contributed by atoms with Crippen LogP contribution in [0.5, 0.6) is 0 Å². The summed E-state index contributed by atoms with van der Waals surface area (Å²) in [6.07, 6.45) is 5.35. The van der Waals surface area contributed by atoms with E-state index >= 15 is 0 Å². The molecule has 0 radical (unpaired) electrons. The summed E-state index contributed by atoms with van der Waals surface area (Å²) in [5, 5.41) is 3.55. The topological polar surface area (TPSA) is 15.3 Å². The van der Waals surface area contributed by atoms with Crippen LogP contribution in [0.1, 0.15) is 39.5 Å². The first-order chi connectivity index (χ1) is 8.00. The molecule has 0 saturated heterocycles. The van der Waals surface area contributed by atoms with E-state index in [0.29, 0.717) is 5.54 Å². The molecule has 2 atom stereocenters. The van der Waals surface area contributed by atoms with Crippen LogP contribution in [0, 0.1) is 5.92 Å². The zero-order valence-electron chi connectivity index (χ0n) is 11.7. The molecular weight excluding hydrogens is 232 g/mol. The van der Waals surface area contributed by atoms with E-state index in [9.17, 15) is 0 Å². The first kappa shape index (κ1) is 15.0. The monoisotopic (exact) mass is 258 g/mol. The maximum absolute atomic E-state index is 5.68. The van der Waals surface area contributed by atoms with Crippen LogP contribution < -0.4 is 5.32 Å². The average Bonchev–Trinajstić information content (AvgIpc) is 2.28. The summed E-state index contributed by atoms with van der Waals surface area (Å²) < 4.78 is 0. The van der Waals surface area contributed by atoms with Crippen LogP contribution in [0.15, 0.2) is 11.1 Å². The molecule has 0 aliphatic heterocycles. The molecule has 2 unspecified atom stereocenters. The summed E-state index contributed by atoms with van der Waals surface area (Å²) in [4.78, 5) is 2.41. The highest BCUT2D eigenvalue weighted by Crippen LogP contribution is 2.35. The Balaban J connectivity index is 2.53. The van der Waals surface area contributed by atoms with Gasteiger partial charge in [-0.05, 0) is 45.4 Å². The average molecular weight is 259 g/mol. The van der Waals surface area contributed by atoms with Crippen LogP contribution in [0.2, 0.25) is 0 Å². The van der Waals surface area contributed by atoms with Crippen molar-refractivity contribution in [1.29, 1.82) is 0 Å². The smallest absolute Gasteiger partial charge is 0.0330 e. The molecular formula is C14H27ClN2. The Morgan fingerprint density at radius 2 is 2.24 bits per heavy atom. The lowest BCUT2D eigenvalue weighted by Gasteiger charge is -2.45. The van der Waals surface area contributed by atoms with Gasteiger partial charge in [0.15, 0.2) is 0 Å². The number of rotatable bonds is 5. The van der Waals surface area contributed by atoms with Crippen molar-refractivity contribution >= 4 is 11.6 Å². The van der Waals surface area contributed by atoms with Crippen molar-refractivity contribution in [3.05, 3.63) is 11.1 Å². The number of hydrogen-bond acceptors (Lipinski definition) is 2. The van der Waals surface area contributed by atoms with Gasteiger partial charge in [0.2, 0.25) is 0 Å². The normalized spacial score (nSPS) is 30.9. The number of nitrogens with zero attached hydrogens (tertiary/aromatic N) is 1. The van der Waals surface area contributed by atoms with Gasteiger partial charge >= 0.3 is 0 Å². The van der Waals surface area contributed by atoms with Crippen molar-refractivity contribution in [3.63, 3.8) is 0 Å². The minimum Gasteiger partial charge on any atom is -0.311 e. The summed E-state index contributed by atoms with van der Waals surface area (Å²) in [6.45, 7) is 6.40. The van der Waals surface area contributed by atoms with Crippen molar-refractivity contribution < 1.29 is 0 Å². The molecule has 0 amide bonds. The molecule has 1 aliphatic rings. The SMILES string of the molecule is CC(=CCl)CNCC1(N(C)C)CCCC(C)C1. The Hall–Kier alpha value is -0.0500. The highest BCUT2D eigenvalue weighted by molar-refractivity contribution is 6.25. The standard InChI is InChI=1S/C14H27ClN2/c1-12-6-5-7-14(8-12,17(3)4)11-16-10-13(2)9-15/h9,12,16H,5-8,10-11H2,1-4H3. The second-order valence-electron chi connectivity index (χ2n) is 5.88. The van der Waals surface area contributed by atoms with Gasteiger partial charge in [-0.15, -0.1) is 0 Å². The Kier molecular flexibility index (Phi) is 5.98. The molecule has 1 rings (SSSR count). The molecule has 0 aromatic rings. The number of halogens is 1. The maximum atomic E-state index is 5.68. The van der Waals surface area contributed by atoms with Crippen molar-refractivity contribution in [2.45, 2.75) is 45.1 Å². The van der Waals surface area contributed by atoms with E-state index in [0.717, 1.165) is 19.0 Å². The minimum atomic E-state index is 0.338. The van der Waals surface area contributed by atoms with E-state index in [1.807, 2.05) is 0 Å². The molecule has 0 aromatic heterocycles. The third kappa shape index (κ3) is 4.27. The molecule has 0 spiro atoms. The Morgan fingerprint density at radius 1 is 1.53 bits per heavy atom. The van der Waals surface area contributed by atoms with Crippen LogP contribution in [-0.4, -0.2) is 37.6 Å². The van der Waals surface area contributed by atoms with Crippen LogP contribution >= 0.6 is 11.6 Å². The van der Waals surface area contributed by atoms with Crippen molar-refractivity contribution in [1.82, 2.24) is 10.2 Å². The second-order valence-corrected chi connectivity index (χ2v) is 6.10.